The Morgan fingerprint density at radius 2 is 1.84 bits per heavy atom. The van der Waals surface area contributed by atoms with E-state index >= 15 is 0 Å². The summed E-state index contributed by atoms with van der Waals surface area (Å²) in [5.74, 6) is 0.429. The van der Waals surface area contributed by atoms with Gasteiger partial charge >= 0.3 is 6.09 Å². The first-order valence-corrected chi connectivity index (χ1v) is 17.3. The molecule has 0 aromatic heterocycles. The maximum Gasteiger partial charge on any atom is 0.410 e. The normalized spacial score (nSPS) is 25.2. The average Bonchev–Trinajstić information content (AvgIpc) is 3.12. The number of fused-ring (bicyclic) bond motifs is 2. The lowest BCUT2D eigenvalue weighted by molar-refractivity contribution is -0.139. The van der Waals surface area contributed by atoms with Gasteiger partial charge < -0.3 is 20.3 Å². The molecule has 244 valence electrons. The number of hydrogen-bond donors (Lipinski definition) is 2. The van der Waals surface area contributed by atoms with Crippen LogP contribution in [0.4, 0.5) is 4.79 Å². The van der Waals surface area contributed by atoms with Crippen LogP contribution in [-0.4, -0.2) is 75.5 Å². The molecule has 9 nitrogen and oxygen atoms in total. The first kappa shape index (κ1) is 34.1. The average molecular weight is 629 g/mol. The van der Waals surface area contributed by atoms with Gasteiger partial charge in [0.05, 0.1) is 11.4 Å². The van der Waals surface area contributed by atoms with Crippen LogP contribution >= 0.6 is 11.8 Å². The highest BCUT2D eigenvalue weighted by molar-refractivity contribution is 7.99. The van der Waals surface area contributed by atoms with Crippen LogP contribution in [0.3, 0.4) is 0 Å². The van der Waals surface area contributed by atoms with E-state index in [1.54, 1.807) is 39.5 Å². The maximum atomic E-state index is 14.0. The molecule has 2 heterocycles. The van der Waals surface area contributed by atoms with Crippen LogP contribution in [0, 0.1) is 5.41 Å². The van der Waals surface area contributed by atoms with Gasteiger partial charge in [0.15, 0.2) is 0 Å². The monoisotopic (exact) mass is 628 g/mol. The minimum absolute atomic E-state index is 0.0279. The summed E-state index contributed by atoms with van der Waals surface area (Å²) in [5, 5.41) is 6.28. The molecule has 0 saturated carbocycles. The maximum absolute atomic E-state index is 14.0. The second-order valence-corrected chi connectivity index (χ2v) is 15.6. The zero-order chi connectivity index (χ0) is 32.2. The van der Waals surface area contributed by atoms with E-state index < -0.39 is 23.8 Å². The Hall–Kier alpha value is -2.75. The topological polar surface area (TPSA) is 108 Å². The summed E-state index contributed by atoms with van der Waals surface area (Å²) in [7, 11) is 1.53. The first-order chi connectivity index (χ1) is 20.7. The van der Waals surface area contributed by atoms with E-state index in [0.717, 1.165) is 50.7 Å². The number of carbonyl (C=O) groups is 4. The van der Waals surface area contributed by atoms with Gasteiger partial charge in [0, 0.05) is 19.5 Å². The molecule has 2 aliphatic heterocycles. The zero-order valence-corrected chi connectivity index (χ0v) is 28.4. The Bertz CT molecular complexity index is 1210. The molecule has 4 amide bonds. The number of hydrogen-bond acceptors (Lipinski definition) is 6. The molecule has 4 rings (SSSR count). The predicted octanol–water partition coefficient (Wildman–Crippen LogP) is 5.57. The van der Waals surface area contributed by atoms with E-state index in [1.165, 1.54) is 23.1 Å². The molecule has 0 bridgehead atoms. The minimum atomic E-state index is -0.789. The molecule has 1 aliphatic carbocycles. The van der Waals surface area contributed by atoms with Crippen LogP contribution < -0.4 is 10.6 Å². The number of aryl methyl sites for hydroxylation is 1. The Labute approximate surface area is 267 Å². The molecule has 1 unspecified atom stereocenters. The minimum Gasteiger partial charge on any atom is -0.444 e. The fraction of sp³-hybridized carbons (Fsp3) is 0.706. The van der Waals surface area contributed by atoms with Gasteiger partial charge in [0.2, 0.25) is 17.7 Å². The third kappa shape index (κ3) is 8.29. The number of benzene rings is 1. The van der Waals surface area contributed by atoms with Crippen molar-refractivity contribution in [3.63, 3.8) is 0 Å². The molecule has 44 heavy (non-hydrogen) atoms. The molecule has 2 saturated heterocycles. The van der Waals surface area contributed by atoms with Crippen LogP contribution in [-0.2, 0) is 25.5 Å². The van der Waals surface area contributed by atoms with E-state index in [4.69, 9.17) is 4.74 Å². The van der Waals surface area contributed by atoms with E-state index in [-0.39, 0.29) is 40.6 Å². The summed E-state index contributed by atoms with van der Waals surface area (Å²) in [6.07, 6.45) is 6.89. The van der Waals surface area contributed by atoms with Crippen LogP contribution in [0.5, 0.6) is 0 Å². The third-order valence-corrected chi connectivity index (χ3v) is 10.6. The van der Waals surface area contributed by atoms with Crippen LogP contribution in [0.25, 0.3) is 0 Å². The van der Waals surface area contributed by atoms with Gasteiger partial charge in [-0.15, -0.1) is 11.8 Å². The van der Waals surface area contributed by atoms with Crippen LogP contribution in [0.2, 0.25) is 0 Å². The molecule has 0 radical (unpaired) electrons. The number of nitrogens with one attached hydrogen (secondary N) is 2. The highest BCUT2D eigenvalue weighted by atomic mass is 32.2. The molecule has 1 aromatic rings. The number of carbonyl (C=O) groups excluding carboxylic acids is 4. The lowest BCUT2D eigenvalue weighted by Crippen LogP contribution is -2.55. The van der Waals surface area contributed by atoms with Crippen molar-refractivity contribution in [2.45, 2.75) is 134 Å². The molecule has 0 spiro atoms. The van der Waals surface area contributed by atoms with Crippen molar-refractivity contribution in [2.75, 3.05) is 12.8 Å². The van der Waals surface area contributed by atoms with Crippen molar-refractivity contribution in [3.8, 4) is 0 Å². The Morgan fingerprint density at radius 1 is 1.11 bits per heavy atom. The van der Waals surface area contributed by atoms with Gasteiger partial charge in [-0.2, -0.15) is 0 Å². The second-order valence-electron chi connectivity index (χ2n) is 14.4. The van der Waals surface area contributed by atoms with E-state index in [2.05, 4.69) is 42.7 Å². The summed E-state index contributed by atoms with van der Waals surface area (Å²) in [4.78, 5) is 55.8. The number of amides is 4. The fourth-order valence-electron chi connectivity index (χ4n) is 6.74. The Morgan fingerprint density at radius 3 is 2.57 bits per heavy atom. The van der Waals surface area contributed by atoms with Gasteiger partial charge in [-0.1, -0.05) is 44.5 Å². The molecule has 2 N–H and O–H groups in total. The third-order valence-electron chi connectivity index (χ3n) is 9.31. The predicted molar refractivity (Wildman–Crippen MR) is 174 cm³/mol. The molecule has 1 aromatic carbocycles. The second kappa shape index (κ2) is 14.1. The highest BCUT2D eigenvalue weighted by Gasteiger charge is 2.51. The molecule has 5 atom stereocenters. The summed E-state index contributed by atoms with van der Waals surface area (Å²) >= 11 is 1.78. The van der Waals surface area contributed by atoms with Gasteiger partial charge in [0.1, 0.15) is 17.7 Å². The van der Waals surface area contributed by atoms with Gasteiger partial charge in [-0.3, -0.25) is 19.3 Å². The van der Waals surface area contributed by atoms with Crippen molar-refractivity contribution in [2.24, 2.45) is 5.41 Å². The standard InChI is InChI=1S/C34H52N4O5S/c1-22(37(7)32(42)43-33(2,3)4)30(40)36-26-19-20-44-29-21-34(5,6)27(38(29)31(26)41)17-10-11-18-28(39)35-25-16-12-14-23-13-8-9-15-24(23)25/h8-9,13,15,22,25-27,29H,10-12,14,16-21H2,1-7H3,(H,35,39)(H,36,40)/t22-,25+,26-,27?,29-/m0/s1. The number of nitrogens with zero attached hydrogens (tertiary/aromatic N) is 2. The summed E-state index contributed by atoms with van der Waals surface area (Å²) in [6, 6.07) is 7.08. The van der Waals surface area contributed by atoms with Gasteiger partial charge in [-0.05, 0) is 94.9 Å². The van der Waals surface area contributed by atoms with E-state index in [0.29, 0.717) is 12.8 Å². The number of thioether (sulfide) groups is 1. The lowest BCUT2D eigenvalue weighted by Gasteiger charge is -2.35. The van der Waals surface area contributed by atoms with E-state index in [1.807, 2.05) is 11.0 Å². The smallest absolute Gasteiger partial charge is 0.410 e. The molecule has 3 aliphatic rings. The quantitative estimate of drug-likeness (QED) is 0.346. The number of ether oxygens (including phenoxy) is 1. The number of likely N-dealkylation sites (N-methyl/N-ethyl adjacent to an activating group) is 1. The summed E-state index contributed by atoms with van der Waals surface area (Å²) < 4.78 is 5.41. The first-order valence-electron chi connectivity index (χ1n) is 16.2. The zero-order valence-electron chi connectivity index (χ0n) is 27.6. The Balaban J connectivity index is 1.32. The van der Waals surface area contributed by atoms with Crippen LogP contribution in [0.1, 0.15) is 110 Å². The summed E-state index contributed by atoms with van der Waals surface area (Å²) in [5.41, 5.74) is 1.84. The molecular formula is C34H52N4O5S. The molecular weight excluding hydrogens is 576 g/mol. The molecule has 10 heteroatoms. The SMILES string of the molecule is C[C@@H](C(=O)N[C@H]1CCS[C@H]2CC(C)(C)C(CCCCC(=O)N[C@@H]3CCCc4ccccc43)N2C1=O)N(C)C(=O)OC(C)(C)C. The lowest BCUT2D eigenvalue weighted by atomic mass is 9.82. The van der Waals surface area contributed by atoms with Crippen molar-refractivity contribution >= 4 is 35.6 Å². The van der Waals surface area contributed by atoms with E-state index in [9.17, 15) is 19.2 Å². The number of unbranched alkanes of at least 4 members (excludes halogenated alkanes) is 1. The van der Waals surface area contributed by atoms with Crippen molar-refractivity contribution < 1.29 is 23.9 Å². The van der Waals surface area contributed by atoms with Gasteiger partial charge in [0.25, 0.3) is 0 Å². The highest BCUT2D eigenvalue weighted by Crippen LogP contribution is 2.47. The van der Waals surface area contributed by atoms with Crippen molar-refractivity contribution in [3.05, 3.63) is 35.4 Å². The van der Waals surface area contributed by atoms with Gasteiger partial charge in [-0.25, -0.2) is 4.79 Å². The fourth-order valence-corrected chi connectivity index (χ4v) is 8.34. The largest absolute Gasteiger partial charge is 0.444 e. The van der Waals surface area contributed by atoms with Crippen molar-refractivity contribution in [1.82, 2.24) is 20.4 Å². The van der Waals surface area contributed by atoms with Crippen molar-refractivity contribution in [1.29, 1.82) is 0 Å². The molecule has 2 fully saturated rings. The van der Waals surface area contributed by atoms with Crippen LogP contribution in [0.15, 0.2) is 24.3 Å². The number of rotatable bonds is 9. The summed E-state index contributed by atoms with van der Waals surface area (Å²) in [6.45, 7) is 11.4. The Kier molecular flexibility index (Phi) is 11.0.